The second-order valence-corrected chi connectivity index (χ2v) is 9.85. The number of aromatic nitrogens is 6. The van der Waals surface area contributed by atoms with Crippen molar-refractivity contribution in [2.24, 2.45) is 0 Å². The molecule has 216 valence electrons. The van der Waals surface area contributed by atoms with Gasteiger partial charge >= 0.3 is 6.18 Å². The molecule has 4 aromatic heterocycles. The fourth-order valence-corrected chi connectivity index (χ4v) is 4.61. The average molecular weight is 572 g/mol. The summed E-state index contributed by atoms with van der Waals surface area (Å²) in [5.41, 5.74) is 0.408. The fraction of sp³-hybridized carbons (Fsp3) is 0.407. The Morgan fingerprint density at radius 3 is 2.76 bits per heavy atom. The Morgan fingerprint density at radius 1 is 1.20 bits per heavy atom. The van der Waals surface area contributed by atoms with E-state index in [9.17, 15) is 22.8 Å². The monoisotopic (exact) mass is 571 g/mol. The summed E-state index contributed by atoms with van der Waals surface area (Å²) in [6.45, 7) is 3.96. The molecule has 5 heterocycles. The molecule has 0 spiro atoms. The Labute approximate surface area is 232 Å². The third kappa shape index (κ3) is 6.43. The molecular formula is C27H28F3N7O4. The van der Waals surface area contributed by atoms with Gasteiger partial charge in [-0.25, -0.2) is 9.97 Å². The lowest BCUT2D eigenvalue weighted by atomic mass is 10.1. The highest BCUT2D eigenvalue weighted by Crippen LogP contribution is 2.29. The van der Waals surface area contributed by atoms with Crippen LogP contribution in [0.5, 0.6) is 0 Å². The van der Waals surface area contributed by atoms with Crippen molar-refractivity contribution in [3.05, 3.63) is 65.8 Å². The summed E-state index contributed by atoms with van der Waals surface area (Å²) in [6, 6.07) is 2.15. The van der Waals surface area contributed by atoms with Gasteiger partial charge in [0.2, 0.25) is 5.91 Å². The molecule has 0 radical (unpaired) electrons. The second-order valence-electron chi connectivity index (χ2n) is 9.85. The van der Waals surface area contributed by atoms with E-state index in [0.29, 0.717) is 29.8 Å². The highest BCUT2D eigenvalue weighted by atomic mass is 19.4. The molecule has 11 nitrogen and oxygen atoms in total. The molecule has 1 saturated heterocycles. The van der Waals surface area contributed by atoms with Crippen molar-refractivity contribution in [1.82, 2.24) is 29.3 Å². The van der Waals surface area contributed by atoms with Crippen LogP contribution in [-0.4, -0.2) is 60.5 Å². The Bertz CT molecular complexity index is 1560. The van der Waals surface area contributed by atoms with Crippen LogP contribution in [0.25, 0.3) is 11.0 Å². The summed E-state index contributed by atoms with van der Waals surface area (Å²) in [5.74, 6) is -0.995. The number of nitrogens with zero attached hydrogens (tertiary/aromatic N) is 6. The van der Waals surface area contributed by atoms with Crippen LogP contribution in [0.4, 0.5) is 18.9 Å². The van der Waals surface area contributed by atoms with Crippen LogP contribution in [0.3, 0.4) is 0 Å². The maximum absolute atomic E-state index is 13.6. The number of amides is 1. The van der Waals surface area contributed by atoms with E-state index in [2.05, 4.69) is 25.4 Å². The number of hydrogen-bond donors (Lipinski definition) is 1. The first kappa shape index (κ1) is 28.4. The van der Waals surface area contributed by atoms with Gasteiger partial charge in [0.05, 0.1) is 30.1 Å². The first-order valence-electron chi connectivity index (χ1n) is 13.0. The lowest BCUT2D eigenvalue weighted by Gasteiger charge is -2.24. The molecule has 5 rings (SSSR count). The average Bonchev–Trinajstić information content (AvgIpc) is 3.53. The first-order chi connectivity index (χ1) is 19.6. The number of anilines is 1. The second kappa shape index (κ2) is 11.7. The van der Waals surface area contributed by atoms with Crippen LogP contribution in [-0.2, 0) is 27.0 Å². The van der Waals surface area contributed by atoms with Gasteiger partial charge in [0.1, 0.15) is 18.5 Å². The minimum Gasteiger partial charge on any atom is -0.353 e. The van der Waals surface area contributed by atoms with Gasteiger partial charge in [0.25, 0.3) is 0 Å². The van der Waals surface area contributed by atoms with Crippen LogP contribution < -0.4 is 5.32 Å². The van der Waals surface area contributed by atoms with E-state index < -0.39 is 24.3 Å². The van der Waals surface area contributed by atoms with Gasteiger partial charge in [-0.05, 0) is 45.2 Å². The minimum absolute atomic E-state index is 0.160. The van der Waals surface area contributed by atoms with Crippen LogP contribution in [0, 0.1) is 6.92 Å². The number of alkyl halides is 3. The quantitative estimate of drug-likeness (QED) is 0.295. The fourth-order valence-electron chi connectivity index (χ4n) is 4.61. The zero-order valence-corrected chi connectivity index (χ0v) is 22.4. The number of hydrogen-bond acceptors (Lipinski definition) is 8. The van der Waals surface area contributed by atoms with Gasteiger partial charge in [-0.2, -0.15) is 18.3 Å². The number of carbonyl (C=O) groups is 2. The van der Waals surface area contributed by atoms with Gasteiger partial charge in [-0.1, -0.05) is 0 Å². The molecule has 14 heteroatoms. The standard InChI is InChI=1S/C27H28F3N7O4/c1-16-7-22(27(28,29)30)35-37(16)13-23(38)34-19-8-18(9-31-10-19)25(39)21-12-36(26-20(21)11-32-15-33-26)17(2)14-41-24-5-3-4-6-40-24/h7-12,15,17,24H,3-6,13-14H2,1-2H3,(H,34,38)/t17-,24+/m1/s1. The van der Waals surface area contributed by atoms with Gasteiger partial charge in [-0.15, -0.1) is 0 Å². The highest BCUT2D eigenvalue weighted by molar-refractivity contribution is 6.16. The number of rotatable bonds is 9. The Kier molecular flexibility index (Phi) is 8.13. The lowest BCUT2D eigenvalue weighted by molar-refractivity contribution is -0.166. The first-order valence-corrected chi connectivity index (χ1v) is 13.0. The number of pyridine rings is 1. The number of aryl methyl sites for hydroxylation is 1. The smallest absolute Gasteiger partial charge is 0.353 e. The molecule has 41 heavy (non-hydrogen) atoms. The lowest BCUT2D eigenvalue weighted by Crippen LogP contribution is -2.25. The van der Waals surface area contributed by atoms with E-state index in [1.165, 1.54) is 31.7 Å². The third-order valence-corrected chi connectivity index (χ3v) is 6.72. The Hall–Kier alpha value is -4.17. The predicted octanol–water partition coefficient (Wildman–Crippen LogP) is 4.32. The SMILES string of the molecule is Cc1cc(C(F)(F)F)nn1CC(=O)Nc1cncc(C(=O)c2cn([C@H](C)CO[C@H]3CCCCO3)c3ncncc23)c1. The molecule has 2 atom stereocenters. The van der Waals surface area contributed by atoms with Crippen LogP contribution in [0.15, 0.2) is 43.2 Å². The van der Waals surface area contributed by atoms with E-state index in [1.54, 1.807) is 12.4 Å². The van der Waals surface area contributed by atoms with Gasteiger partial charge < -0.3 is 19.4 Å². The van der Waals surface area contributed by atoms with E-state index >= 15 is 0 Å². The van der Waals surface area contributed by atoms with E-state index in [4.69, 9.17) is 9.47 Å². The molecule has 0 aromatic carbocycles. The zero-order valence-electron chi connectivity index (χ0n) is 22.4. The summed E-state index contributed by atoms with van der Waals surface area (Å²) < 4.78 is 53.2. The van der Waals surface area contributed by atoms with Crippen molar-refractivity contribution in [1.29, 1.82) is 0 Å². The molecule has 0 unspecified atom stereocenters. The minimum atomic E-state index is -4.62. The number of fused-ring (bicyclic) bond motifs is 1. The van der Waals surface area contributed by atoms with Crippen molar-refractivity contribution in [2.45, 2.75) is 58.2 Å². The molecule has 1 N–H and O–H groups in total. The molecule has 4 aromatic rings. The third-order valence-electron chi connectivity index (χ3n) is 6.72. The summed E-state index contributed by atoms with van der Waals surface area (Å²) in [5, 5.41) is 6.57. The van der Waals surface area contributed by atoms with E-state index in [1.807, 2.05) is 11.5 Å². The van der Waals surface area contributed by atoms with Gasteiger partial charge in [0, 0.05) is 41.8 Å². The number of nitrogens with one attached hydrogen (secondary N) is 1. The molecule has 1 amide bonds. The summed E-state index contributed by atoms with van der Waals surface area (Å²) >= 11 is 0. The van der Waals surface area contributed by atoms with Crippen molar-refractivity contribution >= 4 is 28.4 Å². The van der Waals surface area contributed by atoms with E-state index in [-0.39, 0.29) is 35.1 Å². The topological polar surface area (TPSA) is 126 Å². The van der Waals surface area contributed by atoms with Crippen molar-refractivity contribution in [2.75, 3.05) is 18.5 Å². The summed E-state index contributed by atoms with van der Waals surface area (Å²) in [6.07, 6.45) is 5.40. The number of halogens is 3. The number of ketones is 1. The van der Waals surface area contributed by atoms with Crippen molar-refractivity contribution in [3.8, 4) is 0 Å². The Balaban J connectivity index is 1.31. The van der Waals surface area contributed by atoms with E-state index in [0.717, 1.165) is 30.0 Å². The molecule has 0 saturated carbocycles. The van der Waals surface area contributed by atoms with Crippen molar-refractivity contribution < 1.29 is 32.2 Å². The zero-order chi connectivity index (χ0) is 29.1. The highest BCUT2D eigenvalue weighted by Gasteiger charge is 2.34. The normalized spacial score (nSPS) is 16.6. The molecular weight excluding hydrogens is 543 g/mol. The van der Waals surface area contributed by atoms with Gasteiger partial charge in [0.15, 0.2) is 17.8 Å². The number of carbonyl (C=O) groups excluding carboxylic acids is 2. The maximum Gasteiger partial charge on any atom is 0.435 e. The van der Waals surface area contributed by atoms with Crippen LogP contribution in [0.2, 0.25) is 0 Å². The molecule has 1 fully saturated rings. The summed E-state index contributed by atoms with van der Waals surface area (Å²) in [4.78, 5) is 38.7. The molecule has 1 aliphatic rings. The molecule has 0 bridgehead atoms. The molecule has 1 aliphatic heterocycles. The predicted molar refractivity (Wildman–Crippen MR) is 140 cm³/mol. The largest absolute Gasteiger partial charge is 0.435 e. The van der Waals surface area contributed by atoms with Crippen molar-refractivity contribution in [3.63, 3.8) is 0 Å². The molecule has 0 aliphatic carbocycles. The van der Waals surface area contributed by atoms with Crippen LogP contribution in [0.1, 0.15) is 59.5 Å². The maximum atomic E-state index is 13.6. The number of ether oxygens (including phenoxy) is 2. The summed E-state index contributed by atoms with van der Waals surface area (Å²) in [7, 11) is 0. The van der Waals surface area contributed by atoms with Gasteiger partial charge in [-0.3, -0.25) is 19.3 Å². The Morgan fingerprint density at radius 2 is 2.02 bits per heavy atom. The van der Waals surface area contributed by atoms with Crippen LogP contribution >= 0.6 is 0 Å².